The van der Waals surface area contributed by atoms with E-state index in [1.807, 2.05) is 13.8 Å². The fourth-order valence-corrected chi connectivity index (χ4v) is 0.980. The number of ether oxygens (including phenoxy) is 2. The molecule has 0 N–H and O–H groups in total. The van der Waals surface area contributed by atoms with Crippen LogP contribution in [0.4, 0.5) is 0 Å². The number of hydrogen-bond acceptors (Lipinski definition) is 3. The maximum atomic E-state index is 9.94. The van der Waals surface area contributed by atoms with Crippen molar-refractivity contribution in [2.24, 2.45) is 0 Å². The van der Waals surface area contributed by atoms with E-state index in [0.29, 0.717) is 6.61 Å². The maximum absolute atomic E-state index is 9.94. The molecule has 62 valence electrons. The normalized spacial score (nSPS) is 29.5. The van der Waals surface area contributed by atoms with Gasteiger partial charge < -0.3 is 9.47 Å². The summed E-state index contributed by atoms with van der Waals surface area (Å²) in [5.41, 5.74) is 0. The molecule has 1 rings (SSSR count). The lowest BCUT2D eigenvalue weighted by molar-refractivity contribution is -0.133. The van der Waals surface area contributed by atoms with Crippen LogP contribution in [0.25, 0.3) is 0 Å². The van der Waals surface area contributed by atoms with Gasteiger partial charge in [-0.05, 0) is 19.9 Å². The first kappa shape index (κ1) is 8.43. The molecule has 0 amide bonds. The molecule has 0 aromatic heterocycles. The van der Waals surface area contributed by atoms with Crippen molar-refractivity contribution in [2.45, 2.75) is 25.7 Å². The van der Waals surface area contributed by atoms with Crippen molar-refractivity contribution in [1.82, 2.24) is 0 Å². The molecule has 0 radical (unpaired) electrons. The molecule has 3 heteroatoms. The second-order valence-electron chi connectivity index (χ2n) is 2.89. The van der Waals surface area contributed by atoms with Crippen molar-refractivity contribution < 1.29 is 14.3 Å². The van der Waals surface area contributed by atoms with Crippen molar-refractivity contribution in [3.8, 4) is 0 Å². The Balaban J connectivity index is 2.42. The van der Waals surface area contributed by atoms with Gasteiger partial charge in [0, 0.05) is 0 Å². The third kappa shape index (κ3) is 2.44. The minimum atomic E-state index is -0.502. The molecule has 0 aliphatic carbocycles. The number of rotatable bonds is 2. The van der Waals surface area contributed by atoms with E-state index in [9.17, 15) is 4.79 Å². The Hall–Kier alpha value is -0.670. The summed E-state index contributed by atoms with van der Waals surface area (Å²) in [4.78, 5) is 9.94. The van der Waals surface area contributed by atoms with Crippen LogP contribution in [0.5, 0.6) is 0 Å². The van der Waals surface area contributed by atoms with Crippen LogP contribution in [0.3, 0.4) is 0 Å². The summed E-state index contributed by atoms with van der Waals surface area (Å²) in [6.07, 6.45) is 3.78. The summed E-state index contributed by atoms with van der Waals surface area (Å²) < 4.78 is 10.6. The number of hydrogen-bond donors (Lipinski definition) is 0. The minimum absolute atomic E-state index is 0.0739. The molecule has 1 aliphatic rings. The van der Waals surface area contributed by atoms with Crippen LogP contribution in [-0.4, -0.2) is 24.8 Å². The smallest absolute Gasteiger partial charge is 0.163 e. The minimum Gasteiger partial charge on any atom is -0.347 e. The molecule has 11 heavy (non-hydrogen) atoms. The van der Waals surface area contributed by atoms with E-state index in [4.69, 9.17) is 9.47 Å². The summed E-state index contributed by atoms with van der Waals surface area (Å²) in [5.74, 6) is -0.502. The van der Waals surface area contributed by atoms with E-state index in [2.05, 4.69) is 0 Å². The Bertz CT molecular complexity index is 172. The lowest BCUT2D eigenvalue weighted by Crippen LogP contribution is -2.20. The van der Waals surface area contributed by atoms with Gasteiger partial charge in [-0.15, -0.1) is 0 Å². The average Bonchev–Trinajstić information content (AvgIpc) is 2.26. The second kappa shape index (κ2) is 3.15. The van der Waals surface area contributed by atoms with Crippen molar-refractivity contribution in [3.05, 3.63) is 12.2 Å². The standard InChI is InChI=1S/C8H12O3/c1-8(2)10-6-7(11-8)4-3-5-9/h3-5,7H,6H2,1-2H3/b4-3-/t7-/m1/s1. The van der Waals surface area contributed by atoms with E-state index in [-0.39, 0.29) is 6.10 Å². The molecule has 1 fully saturated rings. The number of aldehydes is 1. The third-order valence-electron chi connectivity index (χ3n) is 1.43. The van der Waals surface area contributed by atoms with E-state index in [0.717, 1.165) is 6.29 Å². The fraction of sp³-hybridized carbons (Fsp3) is 0.625. The van der Waals surface area contributed by atoms with Gasteiger partial charge in [0.2, 0.25) is 0 Å². The van der Waals surface area contributed by atoms with Gasteiger partial charge in [-0.1, -0.05) is 6.08 Å². The molecule has 3 nitrogen and oxygen atoms in total. The van der Waals surface area contributed by atoms with Gasteiger partial charge in [0.1, 0.15) is 12.4 Å². The van der Waals surface area contributed by atoms with Crippen LogP contribution >= 0.6 is 0 Å². The molecule has 0 aromatic carbocycles. The third-order valence-corrected chi connectivity index (χ3v) is 1.43. The van der Waals surface area contributed by atoms with Gasteiger partial charge in [-0.3, -0.25) is 4.79 Å². The van der Waals surface area contributed by atoms with Crippen molar-refractivity contribution in [3.63, 3.8) is 0 Å². The lowest BCUT2D eigenvalue weighted by atomic mass is 10.3. The van der Waals surface area contributed by atoms with Crippen LogP contribution in [0.2, 0.25) is 0 Å². The topological polar surface area (TPSA) is 35.5 Å². The molecule has 0 aromatic rings. The van der Waals surface area contributed by atoms with E-state index in [1.54, 1.807) is 6.08 Å². The van der Waals surface area contributed by atoms with Crippen molar-refractivity contribution in [1.29, 1.82) is 0 Å². The second-order valence-corrected chi connectivity index (χ2v) is 2.89. The average molecular weight is 156 g/mol. The molecule has 1 heterocycles. The summed E-state index contributed by atoms with van der Waals surface area (Å²) in [6.45, 7) is 4.22. The summed E-state index contributed by atoms with van der Waals surface area (Å²) in [7, 11) is 0. The van der Waals surface area contributed by atoms with Gasteiger partial charge in [-0.25, -0.2) is 0 Å². The molecule has 0 saturated carbocycles. The first-order valence-corrected chi connectivity index (χ1v) is 3.58. The number of allylic oxidation sites excluding steroid dienone is 1. The Morgan fingerprint density at radius 2 is 2.27 bits per heavy atom. The summed E-state index contributed by atoms with van der Waals surface area (Å²) in [6, 6.07) is 0. The zero-order chi connectivity index (χ0) is 8.32. The van der Waals surface area contributed by atoms with Crippen molar-refractivity contribution in [2.75, 3.05) is 6.61 Å². The molecule has 0 unspecified atom stereocenters. The highest BCUT2D eigenvalue weighted by Gasteiger charge is 2.30. The largest absolute Gasteiger partial charge is 0.347 e. The van der Waals surface area contributed by atoms with Crippen LogP contribution in [0, 0.1) is 0 Å². The quantitative estimate of drug-likeness (QED) is 0.440. The highest BCUT2D eigenvalue weighted by Crippen LogP contribution is 2.22. The van der Waals surface area contributed by atoms with Crippen molar-refractivity contribution >= 4 is 6.29 Å². The maximum Gasteiger partial charge on any atom is 0.163 e. The Morgan fingerprint density at radius 1 is 1.55 bits per heavy atom. The molecule has 1 saturated heterocycles. The zero-order valence-electron chi connectivity index (χ0n) is 6.74. The van der Waals surface area contributed by atoms with E-state index >= 15 is 0 Å². The highest BCUT2D eigenvalue weighted by atomic mass is 16.7. The fourth-order valence-electron chi connectivity index (χ4n) is 0.980. The summed E-state index contributed by atoms with van der Waals surface area (Å²) in [5, 5.41) is 0. The van der Waals surface area contributed by atoms with Gasteiger partial charge in [-0.2, -0.15) is 0 Å². The highest BCUT2D eigenvalue weighted by molar-refractivity contribution is 5.64. The number of carbonyl (C=O) groups excluding carboxylic acids is 1. The number of carbonyl (C=O) groups is 1. The van der Waals surface area contributed by atoms with Gasteiger partial charge >= 0.3 is 0 Å². The van der Waals surface area contributed by atoms with Crippen LogP contribution in [0.15, 0.2) is 12.2 Å². The Kier molecular flexibility index (Phi) is 2.42. The first-order valence-electron chi connectivity index (χ1n) is 3.58. The molecular formula is C8H12O3. The molecule has 0 spiro atoms. The zero-order valence-corrected chi connectivity index (χ0v) is 6.74. The van der Waals surface area contributed by atoms with E-state index in [1.165, 1.54) is 6.08 Å². The predicted octanol–water partition coefficient (Wildman–Crippen LogP) is 0.893. The van der Waals surface area contributed by atoms with Gasteiger partial charge in [0.05, 0.1) is 6.61 Å². The monoisotopic (exact) mass is 156 g/mol. The summed E-state index contributed by atoms with van der Waals surface area (Å²) >= 11 is 0. The van der Waals surface area contributed by atoms with Gasteiger partial charge in [0.25, 0.3) is 0 Å². The van der Waals surface area contributed by atoms with Crippen LogP contribution in [0.1, 0.15) is 13.8 Å². The molecule has 0 bridgehead atoms. The first-order chi connectivity index (χ1) is 5.14. The molecule has 1 aliphatic heterocycles. The Labute approximate surface area is 66.0 Å². The van der Waals surface area contributed by atoms with Crippen LogP contribution in [-0.2, 0) is 14.3 Å². The van der Waals surface area contributed by atoms with E-state index < -0.39 is 5.79 Å². The van der Waals surface area contributed by atoms with Gasteiger partial charge in [0.15, 0.2) is 5.79 Å². The molecule has 1 atom stereocenters. The Morgan fingerprint density at radius 3 is 2.73 bits per heavy atom. The van der Waals surface area contributed by atoms with Crippen LogP contribution < -0.4 is 0 Å². The SMILES string of the molecule is CC1(C)OC[C@@H](/C=C\C=O)O1. The molecular weight excluding hydrogens is 144 g/mol. The predicted molar refractivity (Wildman–Crippen MR) is 40.1 cm³/mol. The lowest BCUT2D eigenvalue weighted by Gasteiger charge is -2.15.